The highest BCUT2D eigenvalue weighted by Gasteiger charge is 2.29. The summed E-state index contributed by atoms with van der Waals surface area (Å²) in [5, 5.41) is 7.15. The number of aryl methyl sites for hydroxylation is 2. The van der Waals surface area contributed by atoms with Crippen LogP contribution in [0.5, 0.6) is 0 Å². The molecule has 1 aromatic heterocycles. The number of aromatic nitrogens is 1. The van der Waals surface area contributed by atoms with E-state index in [0.717, 1.165) is 34.7 Å². The molecule has 0 aliphatic carbocycles. The molecule has 0 bridgehead atoms. The Morgan fingerprint density at radius 3 is 2.29 bits per heavy atom. The van der Waals surface area contributed by atoms with Gasteiger partial charge in [-0.3, -0.25) is 0 Å². The molecular weight excluding hydrogens is 281 g/mol. The molecule has 0 radical (unpaired) electrons. The topological polar surface area (TPSA) is 38.1 Å². The minimum atomic E-state index is -4.30. The second-order valence-electron chi connectivity index (χ2n) is 5.04. The summed E-state index contributed by atoms with van der Waals surface area (Å²) in [6, 6.07) is 5.17. The van der Waals surface area contributed by atoms with Crippen LogP contribution in [-0.4, -0.2) is 5.16 Å². The molecule has 3 nitrogen and oxygen atoms in total. The Labute approximate surface area is 121 Å². The molecule has 0 saturated heterocycles. The Hall–Kier alpha value is -1.82. The van der Waals surface area contributed by atoms with Crippen LogP contribution in [0.25, 0.3) is 0 Å². The number of rotatable bonds is 4. The van der Waals surface area contributed by atoms with Crippen molar-refractivity contribution in [2.75, 3.05) is 0 Å². The van der Waals surface area contributed by atoms with Gasteiger partial charge in [-0.05, 0) is 38.5 Å². The van der Waals surface area contributed by atoms with Gasteiger partial charge in [0.05, 0.1) is 11.3 Å². The van der Waals surface area contributed by atoms with Crippen molar-refractivity contribution in [3.05, 3.63) is 52.4 Å². The van der Waals surface area contributed by atoms with Gasteiger partial charge in [0.2, 0.25) is 0 Å². The third-order valence-corrected chi connectivity index (χ3v) is 3.42. The van der Waals surface area contributed by atoms with E-state index >= 15 is 0 Å². The number of benzene rings is 1. The van der Waals surface area contributed by atoms with Crippen LogP contribution in [0.1, 0.15) is 41.1 Å². The fourth-order valence-corrected chi connectivity index (χ4v) is 2.29. The predicted molar refractivity (Wildman–Crippen MR) is 72.7 cm³/mol. The Kier molecular flexibility index (Phi) is 4.37. The molecule has 21 heavy (non-hydrogen) atoms. The monoisotopic (exact) mass is 298 g/mol. The van der Waals surface area contributed by atoms with Crippen molar-refractivity contribution >= 4 is 0 Å². The third kappa shape index (κ3) is 3.64. The van der Waals surface area contributed by atoms with E-state index in [-0.39, 0.29) is 6.04 Å². The molecule has 2 aromatic rings. The van der Waals surface area contributed by atoms with Crippen molar-refractivity contribution in [2.45, 2.75) is 39.5 Å². The van der Waals surface area contributed by atoms with Crippen molar-refractivity contribution in [1.82, 2.24) is 10.5 Å². The Morgan fingerprint density at radius 1 is 1.19 bits per heavy atom. The van der Waals surface area contributed by atoms with Gasteiger partial charge in [-0.15, -0.1) is 0 Å². The first kappa shape index (κ1) is 15.6. The normalized spacial score (nSPS) is 13.4. The average Bonchev–Trinajstić information content (AvgIpc) is 2.75. The van der Waals surface area contributed by atoms with E-state index in [1.54, 1.807) is 0 Å². The molecule has 0 spiro atoms. The van der Waals surface area contributed by atoms with Crippen LogP contribution in [0, 0.1) is 13.8 Å². The van der Waals surface area contributed by atoms with Crippen molar-refractivity contribution in [3.63, 3.8) is 0 Å². The highest BCUT2D eigenvalue weighted by atomic mass is 19.4. The molecule has 1 N–H and O–H groups in total. The van der Waals surface area contributed by atoms with E-state index in [1.165, 1.54) is 12.1 Å². The van der Waals surface area contributed by atoms with Gasteiger partial charge < -0.3 is 9.84 Å². The lowest BCUT2D eigenvalue weighted by Crippen LogP contribution is -2.19. The summed E-state index contributed by atoms with van der Waals surface area (Å²) in [7, 11) is 0. The number of nitrogens with one attached hydrogen (secondary N) is 1. The van der Waals surface area contributed by atoms with E-state index in [1.807, 2.05) is 20.8 Å². The Bertz CT molecular complexity index is 583. The molecule has 0 amide bonds. The fraction of sp³-hybridized carbons (Fsp3) is 0.400. The van der Waals surface area contributed by atoms with Gasteiger partial charge in [0.15, 0.2) is 0 Å². The van der Waals surface area contributed by atoms with E-state index < -0.39 is 11.7 Å². The fourth-order valence-electron chi connectivity index (χ4n) is 2.29. The first-order chi connectivity index (χ1) is 9.79. The van der Waals surface area contributed by atoms with Crippen LogP contribution >= 0.6 is 0 Å². The van der Waals surface area contributed by atoms with Crippen molar-refractivity contribution < 1.29 is 17.7 Å². The zero-order chi connectivity index (χ0) is 15.6. The van der Waals surface area contributed by atoms with Crippen molar-refractivity contribution in [3.8, 4) is 0 Å². The maximum atomic E-state index is 12.5. The lowest BCUT2D eigenvalue weighted by atomic mass is 10.1. The second kappa shape index (κ2) is 5.89. The van der Waals surface area contributed by atoms with E-state index in [2.05, 4.69) is 10.5 Å². The van der Waals surface area contributed by atoms with E-state index in [4.69, 9.17) is 4.52 Å². The maximum absolute atomic E-state index is 12.5. The van der Waals surface area contributed by atoms with Crippen LogP contribution in [-0.2, 0) is 12.7 Å². The summed E-state index contributed by atoms with van der Waals surface area (Å²) >= 11 is 0. The van der Waals surface area contributed by atoms with Crippen molar-refractivity contribution in [2.24, 2.45) is 0 Å². The Morgan fingerprint density at radius 2 is 1.81 bits per heavy atom. The molecule has 1 atom stereocenters. The minimum Gasteiger partial charge on any atom is -0.361 e. The second-order valence-corrected chi connectivity index (χ2v) is 5.04. The van der Waals surface area contributed by atoms with Gasteiger partial charge >= 0.3 is 6.18 Å². The molecule has 0 aliphatic heterocycles. The van der Waals surface area contributed by atoms with Gasteiger partial charge in [0, 0.05) is 18.2 Å². The Balaban J connectivity index is 2.00. The molecule has 114 valence electrons. The van der Waals surface area contributed by atoms with Gasteiger partial charge in [-0.1, -0.05) is 17.3 Å². The smallest absolute Gasteiger partial charge is 0.361 e. The average molecular weight is 298 g/mol. The summed E-state index contributed by atoms with van der Waals surface area (Å²) in [5.74, 6) is 0.750. The predicted octanol–water partition coefficient (Wildman–Crippen LogP) is 4.16. The molecule has 6 heteroatoms. The molecule has 0 aliphatic rings. The summed E-state index contributed by atoms with van der Waals surface area (Å²) in [4.78, 5) is 0. The standard InChI is InChI=1S/C15H17F3N2O/c1-9(14-10(2)20-21-11(14)3)19-8-12-4-6-13(7-5-12)15(16,17)18/h4-7,9,19H,8H2,1-3H3. The highest BCUT2D eigenvalue weighted by Crippen LogP contribution is 2.29. The molecule has 2 rings (SSSR count). The molecular formula is C15H17F3N2O. The SMILES string of the molecule is Cc1noc(C)c1C(C)NCc1ccc(C(F)(F)F)cc1. The van der Waals surface area contributed by atoms with Gasteiger partial charge in [0.25, 0.3) is 0 Å². The first-order valence-electron chi connectivity index (χ1n) is 6.61. The maximum Gasteiger partial charge on any atom is 0.416 e. The van der Waals surface area contributed by atoms with Gasteiger partial charge in [0.1, 0.15) is 5.76 Å². The molecule has 1 aromatic carbocycles. The zero-order valence-electron chi connectivity index (χ0n) is 12.1. The third-order valence-electron chi connectivity index (χ3n) is 3.42. The number of hydrogen-bond donors (Lipinski definition) is 1. The molecule has 1 heterocycles. The van der Waals surface area contributed by atoms with E-state index in [9.17, 15) is 13.2 Å². The number of hydrogen-bond acceptors (Lipinski definition) is 3. The highest BCUT2D eigenvalue weighted by molar-refractivity contribution is 5.26. The van der Waals surface area contributed by atoms with Gasteiger partial charge in [-0.2, -0.15) is 13.2 Å². The molecule has 0 fully saturated rings. The quantitative estimate of drug-likeness (QED) is 0.921. The minimum absolute atomic E-state index is 0.0125. The number of halogens is 3. The van der Waals surface area contributed by atoms with Crippen LogP contribution in [0.2, 0.25) is 0 Å². The van der Waals surface area contributed by atoms with Crippen LogP contribution in [0.4, 0.5) is 13.2 Å². The largest absolute Gasteiger partial charge is 0.416 e. The summed E-state index contributed by atoms with van der Waals surface area (Å²) in [5.41, 5.74) is 1.97. The summed E-state index contributed by atoms with van der Waals surface area (Å²) < 4.78 is 42.5. The van der Waals surface area contributed by atoms with Crippen molar-refractivity contribution in [1.29, 1.82) is 0 Å². The first-order valence-corrected chi connectivity index (χ1v) is 6.61. The zero-order valence-corrected chi connectivity index (χ0v) is 12.1. The summed E-state index contributed by atoms with van der Waals surface area (Å²) in [6.07, 6.45) is -4.30. The lowest BCUT2D eigenvalue weighted by molar-refractivity contribution is -0.137. The van der Waals surface area contributed by atoms with E-state index in [0.29, 0.717) is 6.54 Å². The summed E-state index contributed by atoms with van der Waals surface area (Å²) in [6.45, 7) is 6.15. The molecule has 0 saturated carbocycles. The van der Waals surface area contributed by atoms with Gasteiger partial charge in [-0.25, -0.2) is 0 Å². The molecule has 1 unspecified atom stereocenters. The van der Waals surface area contributed by atoms with Crippen LogP contribution in [0.3, 0.4) is 0 Å². The number of nitrogens with zero attached hydrogens (tertiary/aromatic N) is 1. The van der Waals surface area contributed by atoms with Crippen LogP contribution in [0.15, 0.2) is 28.8 Å². The van der Waals surface area contributed by atoms with Crippen LogP contribution < -0.4 is 5.32 Å². The lowest BCUT2D eigenvalue weighted by Gasteiger charge is -2.14. The number of alkyl halides is 3.